The minimum atomic E-state index is -3.60. The molecule has 1 aliphatic carbocycles. The zero-order valence-electron chi connectivity index (χ0n) is 18.6. The summed E-state index contributed by atoms with van der Waals surface area (Å²) in [4.78, 5) is 14.0. The van der Waals surface area contributed by atoms with Gasteiger partial charge in [-0.3, -0.25) is 4.79 Å². The fourth-order valence-electron chi connectivity index (χ4n) is 3.72. The third-order valence-electron chi connectivity index (χ3n) is 5.68. The van der Waals surface area contributed by atoms with Crippen LogP contribution in [0.4, 0.5) is 5.69 Å². The Morgan fingerprint density at radius 3 is 2.27 bits per heavy atom. The van der Waals surface area contributed by atoms with E-state index in [4.69, 9.17) is 0 Å². The zero-order chi connectivity index (χ0) is 23.8. The highest BCUT2D eigenvalue weighted by Crippen LogP contribution is 2.25. The van der Waals surface area contributed by atoms with E-state index < -0.39 is 10.0 Å². The molecule has 7 nitrogen and oxygen atoms in total. The molecule has 1 saturated carbocycles. The van der Waals surface area contributed by atoms with Gasteiger partial charge in [0.15, 0.2) is 11.5 Å². The van der Waals surface area contributed by atoms with Crippen molar-refractivity contribution in [3.63, 3.8) is 0 Å². The minimum absolute atomic E-state index is 0.0230. The van der Waals surface area contributed by atoms with Crippen LogP contribution >= 0.6 is 0 Å². The van der Waals surface area contributed by atoms with E-state index in [-0.39, 0.29) is 28.3 Å². The number of sulfonamides is 1. The highest BCUT2D eigenvalue weighted by Gasteiger charge is 2.21. The quantitative estimate of drug-likeness (QED) is 0.242. The number of anilines is 1. The van der Waals surface area contributed by atoms with Crippen molar-refractivity contribution in [3.05, 3.63) is 66.3 Å². The van der Waals surface area contributed by atoms with Crippen LogP contribution in [0.2, 0.25) is 0 Å². The molecule has 33 heavy (non-hydrogen) atoms. The van der Waals surface area contributed by atoms with Gasteiger partial charge in [0, 0.05) is 24.9 Å². The predicted molar refractivity (Wildman–Crippen MR) is 130 cm³/mol. The first-order chi connectivity index (χ1) is 15.8. The summed E-state index contributed by atoms with van der Waals surface area (Å²) in [5.41, 5.74) is 1.25. The van der Waals surface area contributed by atoms with E-state index in [0.29, 0.717) is 11.3 Å². The summed E-state index contributed by atoms with van der Waals surface area (Å²) in [5, 5.41) is 18.8. The van der Waals surface area contributed by atoms with E-state index in [2.05, 4.69) is 4.72 Å². The van der Waals surface area contributed by atoms with Crippen LogP contribution in [0.3, 0.4) is 0 Å². The van der Waals surface area contributed by atoms with Crippen molar-refractivity contribution >= 4 is 27.7 Å². The second kappa shape index (κ2) is 11.2. The molecule has 2 aromatic carbocycles. The van der Waals surface area contributed by atoms with Crippen LogP contribution in [0.25, 0.3) is 6.08 Å². The van der Waals surface area contributed by atoms with Crippen molar-refractivity contribution in [2.24, 2.45) is 0 Å². The molecule has 1 fully saturated rings. The number of carbonyl (C=O) groups is 1. The van der Waals surface area contributed by atoms with E-state index in [1.54, 1.807) is 43.5 Å². The lowest BCUT2D eigenvalue weighted by molar-refractivity contribution is -0.113. The smallest absolute Gasteiger partial charge is 0.250 e. The largest absolute Gasteiger partial charge is 0.504 e. The minimum Gasteiger partial charge on any atom is -0.504 e. The maximum atomic E-state index is 12.7. The SMILES string of the molecule is CN(C(=O)/C=C/C=C/c1ccc(O)c(O)c1)c1ccc(S(=O)(=O)NC2CCCCCC2)cc1. The monoisotopic (exact) mass is 470 g/mol. The number of benzene rings is 2. The Morgan fingerprint density at radius 2 is 1.64 bits per heavy atom. The van der Waals surface area contributed by atoms with Crippen LogP contribution in [-0.2, 0) is 14.8 Å². The molecule has 3 rings (SSSR count). The highest BCUT2D eigenvalue weighted by atomic mass is 32.2. The topological polar surface area (TPSA) is 107 Å². The number of phenolic OH excluding ortho intramolecular Hbond substituents is 2. The molecule has 3 N–H and O–H groups in total. The average Bonchev–Trinajstić information content (AvgIpc) is 3.06. The molecule has 0 unspecified atom stereocenters. The molecular formula is C25H30N2O5S. The number of hydrogen-bond donors (Lipinski definition) is 3. The predicted octanol–water partition coefficient (Wildman–Crippen LogP) is 4.33. The number of allylic oxidation sites excluding steroid dienone is 2. The molecule has 0 spiro atoms. The van der Waals surface area contributed by atoms with E-state index >= 15 is 0 Å². The van der Waals surface area contributed by atoms with Gasteiger partial charge in [0.05, 0.1) is 4.90 Å². The summed E-state index contributed by atoms with van der Waals surface area (Å²) < 4.78 is 28.3. The molecule has 2 aromatic rings. The summed E-state index contributed by atoms with van der Waals surface area (Å²) in [6.07, 6.45) is 12.4. The molecule has 0 atom stereocenters. The molecule has 8 heteroatoms. The average molecular weight is 471 g/mol. The molecule has 0 saturated heterocycles. The Bertz CT molecular complexity index is 1120. The van der Waals surface area contributed by atoms with Gasteiger partial charge in [-0.15, -0.1) is 0 Å². The molecular weight excluding hydrogens is 440 g/mol. The number of likely N-dealkylation sites (N-methyl/N-ethyl adjacent to an activating group) is 1. The Labute approximate surface area is 195 Å². The van der Waals surface area contributed by atoms with Crippen molar-refractivity contribution in [3.8, 4) is 11.5 Å². The summed E-state index contributed by atoms with van der Waals surface area (Å²) >= 11 is 0. The van der Waals surface area contributed by atoms with Crippen LogP contribution in [0.15, 0.2) is 65.6 Å². The lowest BCUT2D eigenvalue weighted by Crippen LogP contribution is -2.34. The Morgan fingerprint density at radius 1 is 0.970 bits per heavy atom. The Balaban J connectivity index is 1.59. The first kappa shape index (κ1) is 24.5. The lowest BCUT2D eigenvalue weighted by atomic mass is 10.1. The maximum Gasteiger partial charge on any atom is 0.250 e. The zero-order valence-corrected chi connectivity index (χ0v) is 19.5. The standard InChI is InChI=1S/C25H30N2O5S/c1-27(25(30)11-7-6-8-19-12-17-23(28)24(29)18-19)21-13-15-22(16-14-21)33(31,32)26-20-9-4-2-3-5-10-20/h6-8,11-18,20,26,28-29H,2-5,9-10H2,1H3/b8-6+,11-7+. The fraction of sp³-hybridized carbons (Fsp3) is 0.320. The maximum absolute atomic E-state index is 12.7. The van der Waals surface area contributed by atoms with Crippen LogP contribution in [0.5, 0.6) is 11.5 Å². The molecule has 176 valence electrons. The van der Waals surface area contributed by atoms with Crippen molar-refractivity contribution < 1.29 is 23.4 Å². The van der Waals surface area contributed by atoms with Crippen molar-refractivity contribution in [1.82, 2.24) is 4.72 Å². The Hall–Kier alpha value is -3.10. The van der Waals surface area contributed by atoms with E-state index in [1.165, 1.54) is 35.2 Å². The van der Waals surface area contributed by atoms with Gasteiger partial charge in [-0.2, -0.15) is 0 Å². The number of nitrogens with zero attached hydrogens (tertiary/aromatic N) is 1. The highest BCUT2D eigenvalue weighted by molar-refractivity contribution is 7.89. The van der Waals surface area contributed by atoms with E-state index in [1.807, 2.05) is 0 Å². The van der Waals surface area contributed by atoms with Gasteiger partial charge in [-0.25, -0.2) is 13.1 Å². The van der Waals surface area contributed by atoms with Gasteiger partial charge in [0.1, 0.15) is 0 Å². The fourth-order valence-corrected chi connectivity index (χ4v) is 5.03. The number of nitrogens with one attached hydrogen (secondary N) is 1. The van der Waals surface area contributed by atoms with Crippen LogP contribution < -0.4 is 9.62 Å². The van der Waals surface area contributed by atoms with E-state index in [0.717, 1.165) is 38.5 Å². The molecule has 0 aliphatic heterocycles. The summed E-state index contributed by atoms with van der Waals surface area (Å²) in [6, 6.07) is 10.7. The number of aromatic hydroxyl groups is 2. The van der Waals surface area contributed by atoms with Crippen LogP contribution in [0.1, 0.15) is 44.1 Å². The van der Waals surface area contributed by atoms with Gasteiger partial charge in [0.25, 0.3) is 5.91 Å². The summed E-state index contributed by atoms with van der Waals surface area (Å²) in [5.74, 6) is -0.689. The molecule has 1 aliphatic rings. The molecule has 0 aromatic heterocycles. The summed E-state index contributed by atoms with van der Waals surface area (Å²) in [6.45, 7) is 0. The second-order valence-electron chi connectivity index (χ2n) is 8.17. The molecule has 0 radical (unpaired) electrons. The number of amides is 1. The van der Waals surface area contributed by atoms with Gasteiger partial charge >= 0.3 is 0 Å². The molecule has 0 heterocycles. The Kier molecular flexibility index (Phi) is 8.30. The van der Waals surface area contributed by atoms with Gasteiger partial charge in [0.2, 0.25) is 10.0 Å². The van der Waals surface area contributed by atoms with Crippen molar-refractivity contribution in [1.29, 1.82) is 0 Å². The number of hydrogen-bond acceptors (Lipinski definition) is 5. The second-order valence-corrected chi connectivity index (χ2v) is 9.88. The van der Waals surface area contributed by atoms with Gasteiger partial charge < -0.3 is 15.1 Å². The first-order valence-corrected chi connectivity index (χ1v) is 12.5. The van der Waals surface area contributed by atoms with Gasteiger partial charge in [-0.05, 0) is 54.8 Å². The third kappa shape index (κ3) is 6.94. The number of phenols is 2. The number of rotatable bonds is 7. The normalized spacial score (nSPS) is 15.7. The van der Waals surface area contributed by atoms with Crippen LogP contribution in [0, 0.1) is 0 Å². The first-order valence-electron chi connectivity index (χ1n) is 11.0. The van der Waals surface area contributed by atoms with E-state index in [9.17, 15) is 23.4 Å². The molecule has 0 bridgehead atoms. The van der Waals surface area contributed by atoms with Crippen molar-refractivity contribution in [2.75, 3.05) is 11.9 Å². The van der Waals surface area contributed by atoms with Crippen molar-refractivity contribution in [2.45, 2.75) is 49.5 Å². The molecule has 1 amide bonds. The number of carbonyl (C=O) groups excluding carboxylic acids is 1. The summed E-state index contributed by atoms with van der Waals surface area (Å²) in [7, 11) is -1.99. The van der Waals surface area contributed by atoms with Gasteiger partial charge in [-0.1, -0.05) is 50.0 Å². The third-order valence-corrected chi connectivity index (χ3v) is 7.22. The lowest BCUT2D eigenvalue weighted by Gasteiger charge is -2.18. The van der Waals surface area contributed by atoms with Crippen LogP contribution in [-0.4, -0.2) is 37.6 Å².